The highest BCUT2D eigenvalue weighted by molar-refractivity contribution is 6.31. The molecule has 0 aliphatic carbocycles. The van der Waals surface area contributed by atoms with Crippen molar-refractivity contribution in [2.45, 2.75) is 6.61 Å². The molecule has 0 saturated heterocycles. The predicted octanol–water partition coefficient (Wildman–Crippen LogP) is 4.07. The summed E-state index contributed by atoms with van der Waals surface area (Å²) in [6.07, 6.45) is 1.30. The summed E-state index contributed by atoms with van der Waals surface area (Å²) in [5.41, 5.74) is 0.880. The molecule has 0 aliphatic rings. The second-order valence-corrected chi connectivity index (χ2v) is 5.04. The number of benzene rings is 2. The molecule has 132 valence electrons. The molecule has 2 rings (SSSR count). The maximum atomic E-state index is 13.0. The molecule has 0 atom stereocenters. The minimum absolute atomic E-state index is 0.0189. The van der Waals surface area contributed by atoms with Gasteiger partial charge in [0.2, 0.25) is 0 Å². The van der Waals surface area contributed by atoms with Crippen LogP contribution in [0.3, 0.4) is 0 Å². The van der Waals surface area contributed by atoms with Gasteiger partial charge in [-0.05, 0) is 48.0 Å². The number of amides is 1. The standard InChI is InChI=1S/C16H12ClF3N2O3/c17-13-7-11(3-6-14(13)18)22-15(23)9-24-21-8-10-1-4-12(5-2-10)25-16(19)20/h1-8,16H,9H2,(H,22,23)/b21-8-. The van der Waals surface area contributed by atoms with Gasteiger partial charge in [-0.3, -0.25) is 4.79 Å². The van der Waals surface area contributed by atoms with Crippen molar-refractivity contribution in [2.75, 3.05) is 11.9 Å². The van der Waals surface area contributed by atoms with Crippen LogP contribution >= 0.6 is 11.6 Å². The Kier molecular flexibility index (Phi) is 6.64. The van der Waals surface area contributed by atoms with E-state index in [1.54, 1.807) is 0 Å². The number of hydrogen-bond donors (Lipinski definition) is 1. The summed E-state index contributed by atoms with van der Waals surface area (Å²) >= 11 is 5.60. The Labute approximate surface area is 146 Å². The van der Waals surface area contributed by atoms with Crippen LogP contribution < -0.4 is 10.1 Å². The predicted molar refractivity (Wildman–Crippen MR) is 86.7 cm³/mol. The lowest BCUT2D eigenvalue weighted by Gasteiger charge is -2.05. The fourth-order valence-corrected chi connectivity index (χ4v) is 1.88. The van der Waals surface area contributed by atoms with Crippen LogP contribution in [0.1, 0.15) is 5.56 Å². The van der Waals surface area contributed by atoms with Gasteiger partial charge in [0.15, 0.2) is 6.61 Å². The Bertz CT molecular complexity index is 755. The maximum absolute atomic E-state index is 13.0. The molecule has 0 spiro atoms. The lowest BCUT2D eigenvalue weighted by atomic mass is 10.2. The highest BCUT2D eigenvalue weighted by Gasteiger charge is 2.06. The van der Waals surface area contributed by atoms with Crippen LogP contribution in [0.2, 0.25) is 5.02 Å². The summed E-state index contributed by atoms with van der Waals surface area (Å²) in [4.78, 5) is 16.5. The van der Waals surface area contributed by atoms with E-state index < -0.39 is 18.3 Å². The first-order valence-electron chi connectivity index (χ1n) is 6.89. The second kappa shape index (κ2) is 8.93. The molecule has 1 N–H and O–H groups in total. The molecule has 0 saturated carbocycles. The lowest BCUT2D eigenvalue weighted by Crippen LogP contribution is -2.17. The van der Waals surface area contributed by atoms with Gasteiger partial charge in [0, 0.05) is 5.69 Å². The molecular weight excluding hydrogens is 361 g/mol. The van der Waals surface area contributed by atoms with Gasteiger partial charge >= 0.3 is 6.61 Å². The molecule has 2 aromatic carbocycles. The van der Waals surface area contributed by atoms with Crippen molar-refractivity contribution in [3.05, 3.63) is 58.9 Å². The van der Waals surface area contributed by atoms with Crippen LogP contribution in [-0.2, 0) is 9.63 Å². The number of hydrogen-bond acceptors (Lipinski definition) is 4. The third-order valence-electron chi connectivity index (χ3n) is 2.78. The van der Waals surface area contributed by atoms with Crippen molar-refractivity contribution in [3.8, 4) is 5.75 Å². The molecule has 9 heteroatoms. The van der Waals surface area contributed by atoms with Crippen molar-refractivity contribution in [2.24, 2.45) is 5.16 Å². The van der Waals surface area contributed by atoms with Gasteiger partial charge in [-0.2, -0.15) is 8.78 Å². The zero-order chi connectivity index (χ0) is 18.2. The van der Waals surface area contributed by atoms with E-state index in [0.717, 1.165) is 6.07 Å². The Balaban J connectivity index is 1.78. The highest BCUT2D eigenvalue weighted by atomic mass is 35.5. The molecular formula is C16H12ClF3N2O3. The van der Waals surface area contributed by atoms with Crippen LogP contribution in [0.5, 0.6) is 5.75 Å². The third kappa shape index (κ3) is 6.34. The Morgan fingerprint density at radius 3 is 2.60 bits per heavy atom. The van der Waals surface area contributed by atoms with Crippen LogP contribution in [0.15, 0.2) is 47.6 Å². The number of ether oxygens (including phenoxy) is 1. The van der Waals surface area contributed by atoms with Crippen molar-refractivity contribution in [1.82, 2.24) is 0 Å². The summed E-state index contributed by atoms with van der Waals surface area (Å²) < 4.78 is 41.2. The molecule has 0 fully saturated rings. The molecule has 2 aromatic rings. The average molecular weight is 373 g/mol. The summed E-state index contributed by atoms with van der Waals surface area (Å²) in [6, 6.07) is 9.41. The summed E-state index contributed by atoms with van der Waals surface area (Å²) in [5, 5.41) is 5.93. The topological polar surface area (TPSA) is 59.9 Å². The summed E-state index contributed by atoms with van der Waals surface area (Å²) in [5.74, 6) is -1.09. The molecule has 0 unspecified atom stereocenters. The number of carbonyl (C=O) groups excluding carboxylic acids is 1. The molecule has 25 heavy (non-hydrogen) atoms. The van der Waals surface area contributed by atoms with Crippen LogP contribution in [0.4, 0.5) is 18.9 Å². The Hall–Kier alpha value is -2.74. The molecule has 0 heterocycles. The van der Waals surface area contributed by atoms with Crippen molar-refractivity contribution in [3.63, 3.8) is 0 Å². The summed E-state index contributed by atoms with van der Waals surface area (Å²) in [6.45, 7) is -3.27. The Morgan fingerprint density at radius 2 is 1.96 bits per heavy atom. The van der Waals surface area contributed by atoms with E-state index in [4.69, 9.17) is 16.4 Å². The number of alkyl halides is 2. The van der Waals surface area contributed by atoms with E-state index in [9.17, 15) is 18.0 Å². The van der Waals surface area contributed by atoms with Gasteiger partial charge in [0.25, 0.3) is 5.91 Å². The molecule has 0 aliphatic heterocycles. The zero-order valence-corrected chi connectivity index (χ0v) is 13.3. The number of nitrogens with zero attached hydrogens (tertiary/aromatic N) is 1. The van der Waals surface area contributed by atoms with E-state index in [-0.39, 0.29) is 17.4 Å². The van der Waals surface area contributed by atoms with E-state index in [1.165, 1.54) is 42.6 Å². The minimum Gasteiger partial charge on any atom is -0.435 e. The number of anilines is 1. The highest BCUT2D eigenvalue weighted by Crippen LogP contribution is 2.19. The fourth-order valence-electron chi connectivity index (χ4n) is 1.70. The van der Waals surface area contributed by atoms with Crippen LogP contribution in [0, 0.1) is 5.82 Å². The first kappa shape index (κ1) is 18.6. The van der Waals surface area contributed by atoms with E-state index in [1.807, 2.05) is 0 Å². The van der Waals surface area contributed by atoms with Gasteiger partial charge in [0.05, 0.1) is 11.2 Å². The van der Waals surface area contributed by atoms with Crippen molar-refractivity contribution >= 4 is 29.4 Å². The second-order valence-electron chi connectivity index (χ2n) is 4.63. The average Bonchev–Trinajstić information content (AvgIpc) is 2.56. The largest absolute Gasteiger partial charge is 0.435 e. The zero-order valence-electron chi connectivity index (χ0n) is 12.6. The number of nitrogens with one attached hydrogen (secondary N) is 1. The number of rotatable bonds is 7. The minimum atomic E-state index is -2.89. The molecule has 5 nitrogen and oxygen atoms in total. The van der Waals surface area contributed by atoms with Gasteiger partial charge in [-0.25, -0.2) is 4.39 Å². The first-order chi connectivity index (χ1) is 11.9. The summed E-state index contributed by atoms with van der Waals surface area (Å²) in [7, 11) is 0. The number of oxime groups is 1. The van der Waals surface area contributed by atoms with Gasteiger partial charge < -0.3 is 14.9 Å². The van der Waals surface area contributed by atoms with E-state index in [0.29, 0.717) is 11.3 Å². The van der Waals surface area contributed by atoms with Gasteiger partial charge in [0.1, 0.15) is 11.6 Å². The van der Waals surface area contributed by atoms with Gasteiger partial charge in [-0.15, -0.1) is 0 Å². The molecule has 1 amide bonds. The van der Waals surface area contributed by atoms with Gasteiger partial charge in [-0.1, -0.05) is 16.8 Å². The van der Waals surface area contributed by atoms with E-state index >= 15 is 0 Å². The molecule has 0 aromatic heterocycles. The maximum Gasteiger partial charge on any atom is 0.387 e. The Morgan fingerprint density at radius 1 is 1.24 bits per heavy atom. The number of halogens is 4. The number of carbonyl (C=O) groups is 1. The van der Waals surface area contributed by atoms with E-state index in [2.05, 4.69) is 15.2 Å². The fraction of sp³-hybridized carbons (Fsp3) is 0.125. The smallest absolute Gasteiger partial charge is 0.387 e. The normalized spacial score (nSPS) is 10.9. The lowest BCUT2D eigenvalue weighted by molar-refractivity contribution is -0.120. The monoisotopic (exact) mass is 372 g/mol. The third-order valence-corrected chi connectivity index (χ3v) is 3.07. The molecule has 0 bridgehead atoms. The van der Waals surface area contributed by atoms with Crippen molar-refractivity contribution in [1.29, 1.82) is 0 Å². The van der Waals surface area contributed by atoms with Crippen LogP contribution in [0.25, 0.3) is 0 Å². The quantitative estimate of drug-likeness (QED) is 0.588. The SMILES string of the molecule is O=C(CO/N=C\c1ccc(OC(F)F)cc1)Nc1ccc(F)c(Cl)c1. The van der Waals surface area contributed by atoms with Crippen LogP contribution in [-0.4, -0.2) is 25.3 Å². The molecule has 0 radical (unpaired) electrons. The van der Waals surface area contributed by atoms with Crippen molar-refractivity contribution < 1.29 is 27.5 Å². The first-order valence-corrected chi connectivity index (χ1v) is 7.27.